The molecule has 7 heteroatoms. The number of aromatic nitrogens is 1. The molecule has 1 aromatic heterocycles. The van der Waals surface area contributed by atoms with Gasteiger partial charge in [0.25, 0.3) is 0 Å². The third-order valence-corrected chi connectivity index (χ3v) is 3.82. The lowest BCUT2D eigenvalue weighted by atomic mass is 10.3. The number of hydrogen-bond donors (Lipinski definition) is 2. The van der Waals surface area contributed by atoms with Crippen molar-refractivity contribution in [1.82, 2.24) is 15.6 Å². The van der Waals surface area contributed by atoms with Crippen LogP contribution in [-0.2, 0) is 11.3 Å². The summed E-state index contributed by atoms with van der Waals surface area (Å²) in [7, 11) is 0. The first-order valence-corrected chi connectivity index (χ1v) is 9.49. The molecule has 26 heavy (non-hydrogen) atoms. The number of halogens is 1. The van der Waals surface area contributed by atoms with Crippen LogP contribution in [0, 0.1) is 5.92 Å². The van der Waals surface area contributed by atoms with E-state index in [2.05, 4.69) is 34.5 Å². The molecule has 0 saturated heterocycles. The monoisotopic (exact) mass is 476 g/mol. The molecule has 0 spiro atoms. The van der Waals surface area contributed by atoms with Crippen LogP contribution >= 0.6 is 24.0 Å². The van der Waals surface area contributed by atoms with Crippen LogP contribution < -0.4 is 15.4 Å². The van der Waals surface area contributed by atoms with E-state index < -0.39 is 0 Å². The van der Waals surface area contributed by atoms with Gasteiger partial charge < -0.3 is 20.1 Å². The minimum Gasteiger partial charge on any atom is -0.478 e. The second-order valence-corrected chi connectivity index (χ2v) is 6.35. The Bertz CT molecular complexity index is 507. The van der Waals surface area contributed by atoms with E-state index in [1.807, 2.05) is 18.3 Å². The maximum absolute atomic E-state index is 5.65. The van der Waals surface area contributed by atoms with E-state index >= 15 is 0 Å². The summed E-state index contributed by atoms with van der Waals surface area (Å²) >= 11 is 0. The Hall–Kier alpha value is -1.09. The highest BCUT2D eigenvalue weighted by Crippen LogP contribution is 2.28. The lowest BCUT2D eigenvalue weighted by Gasteiger charge is -2.11. The van der Waals surface area contributed by atoms with Crippen molar-refractivity contribution in [2.45, 2.75) is 46.1 Å². The number of rotatable bonds is 12. The molecule has 2 rings (SSSR count). The van der Waals surface area contributed by atoms with Crippen LogP contribution in [0.25, 0.3) is 0 Å². The van der Waals surface area contributed by atoms with Gasteiger partial charge in [0.15, 0.2) is 5.96 Å². The molecule has 1 aliphatic rings. The fourth-order valence-corrected chi connectivity index (χ4v) is 2.22. The summed E-state index contributed by atoms with van der Waals surface area (Å²) < 4.78 is 11.1. The van der Waals surface area contributed by atoms with Gasteiger partial charge in [-0.2, -0.15) is 0 Å². The quantitative estimate of drug-likeness (QED) is 0.210. The molecular formula is C19H33IN4O2. The van der Waals surface area contributed by atoms with E-state index in [1.54, 1.807) is 0 Å². The second-order valence-electron chi connectivity index (χ2n) is 6.35. The van der Waals surface area contributed by atoms with Crippen LogP contribution in [0.1, 0.15) is 45.1 Å². The van der Waals surface area contributed by atoms with Gasteiger partial charge in [0.2, 0.25) is 5.88 Å². The van der Waals surface area contributed by atoms with Gasteiger partial charge in [-0.3, -0.25) is 0 Å². The summed E-state index contributed by atoms with van der Waals surface area (Å²) in [5.41, 5.74) is 1.06. The van der Waals surface area contributed by atoms with Crippen LogP contribution in [0.15, 0.2) is 23.3 Å². The molecule has 148 valence electrons. The van der Waals surface area contributed by atoms with Gasteiger partial charge in [-0.15, -0.1) is 24.0 Å². The topological polar surface area (TPSA) is 67.8 Å². The fraction of sp³-hybridized carbons (Fsp3) is 0.684. The van der Waals surface area contributed by atoms with Gasteiger partial charge in [0, 0.05) is 38.6 Å². The first-order valence-electron chi connectivity index (χ1n) is 9.49. The van der Waals surface area contributed by atoms with Crippen LogP contribution in [0.3, 0.4) is 0 Å². The van der Waals surface area contributed by atoms with E-state index in [0.717, 1.165) is 56.6 Å². The molecule has 0 amide bonds. The number of hydrogen-bond acceptors (Lipinski definition) is 4. The molecule has 0 unspecified atom stereocenters. The molecular weight excluding hydrogens is 443 g/mol. The standard InChI is InChI=1S/C19H32N4O2.HI/c1-3-11-25-18-9-8-17(13-22-18)14-23-19(20-4-2)21-10-5-12-24-15-16-6-7-16;/h8-9,13,16H,3-7,10-12,14-15H2,1-2H3,(H2,20,21,23);1H. The Labute approximate surface area is 174 Å². The summed E-state index contributed by atoms with van der Waals surface area (Å²) in [5, 5.41) is 6.61. The lowest BCUT2D eigenvalue weighted by molar-refractivity contribution is 0.123. The summed E-state index contributed by atoms with van der Waals surface area (Å²) in [6.45, 7) is 8.88. The minimum atomic E-state index is 0. The highest BCUT2D eigenvalue weighted by molar-refractivity contribution is 14.0. The molecule has 0 radical (unpaired) electrons. The molecule has 2 N–H and O–H groups in total. The van der Waals surface area contributed by atoms with Crippen molar-refractivity contribution >= 4 is 29.9 Å². The van der Waals surface area contributed by atoms with Crippen molar-refractivity contribution in [2.75, 3.05) is 32.9 Å². The molecule has 1 fully saturated rings. The second kappa shape index (κ2) is 14.0. The van der Waals surface area contributed by atoms with Gasteiger partial charge in [0.05, 0.1) is 13.2 Å². The SMILES string of the molecule is CCCOc1ccc(CN=C(NCC)NCCCOCC2CC2)cn1.I. The van der Waals surface area contributed by atoms with Gasteiger partial charge in [-0.1, -0.05) is 13.0 Å². The van der Waals surface area contributed by atoms with Gasteiger partial charge >= 0.3 is 0 Å². The zero-order valence-electron chi connectivity index (χ0n) is 16.0. The zero-order chi connectivity index (χ0) is 17.7. The highest BCUT2D eigenvalue weighted by atomic mass is 127. The van der Waals surface area contributed by atoms with Crippen molar-refractivity contribution in [3.8, 4) is 5.88 Å². The third kappa shape index (κ3) is 10.2. The van der Waals surface area contributed by atoms with Crippen LogP contribution in [-0.4, -0.2) is 43.9 Å². The van der Waals surface area contributed by atoms with Crippen LogP contribution in [0.2, 0.25) is 0 Å². The van der Waals surface area contributed by atoms with E-state index in [-0.39, 0.29) is 24.0 Å². The third-order valence-electron chi connectivity index (χ3n) is 3.82. The lowest BCUT2D eigenvalue weighted by Crippen LogP contribution is -2.38. The van der Waals surface area contributed by atoms with Crippen molar-refractivity contribution in [3.05, 3.63) is 23.9 Å². The molecule has 1 heterocycles. The predicted octanol–water partition coefficient (Wildman–Crippen LogP) is 3.36. The number of ether oxygens (including phenoxy) is 2. The highest BCUT2D eigenvalue weighted by Gasteiger charge is 2.20. The molecule has 0 aliphatic heterocycles. The molecule has 0 atom stereocenters. The molecule has 1 saturated carbocycles. The smallest absolute Gasteiger partial charge is 0.213 e. The van der Waals surface area contributed by atoms with Crippen molar-refractivity contribution in [3.63, 3.8) is 0 Å². The Morgan fingerprint density at radius 1 is 1.23 bits per heavy atom. The number of guanidine groups is 1. The van der Waals surface area contributed by atoms with E-state index in [9.17, 15) is 0 Å². The number of aliphatic imine (C=N–C) groups is 1. The van der Waals surface area contributed by atoms with Crippen LogP contribution in [0.5, 0.6) is 5.88 Å². The molecule has 0 aromatic carbocycles. The molecule has 0 bridgehead atoms. The first-order chi connectivity index (χ1) is 12.3. The number of nitrogens with one attached hydrogen (secondary N) is 2. The molecule has 6 nitrogen and oxygen atoms in total. The molecule has 1 aliphatic carbocycles. The fourth-order valence-electron chi connectivity index (χ4n) is 2.22. The average Bonchev–Trinajstić information content (AvgIpc) is 3.46. The number of nitrogens with zero attached hydrogens (tertiary/aromatic N) is 2. The predicted molar refractivity (Wildman–Crippen MR) is 116 cm³/mol. The Morgan fingerprint density at radius 3 is 2.73 bits per heavy atom. The van der Waals surface area contributed by atoms with Crippen LogP contribution in [0.4, 0.5) is 0 Å². The van der Waals surface area contributed by atoms with Gasteiger partial charge in [-0.25, -0.2) is 9.98 Å². The van der Waals surface area contributed by atoms with Crippen molar-refractivity contribution < 1.29 is 9.47 Å². The zero-order valence-corrected chi connectivity index (χ0v) is 18.3. The molecule has 1 aromatic rings. The van der Waals surface area contributed by atoms with Gasteiger partial charge in [-0.05, 0) is 44.1 Å². The Morgan fingerprint density at radius 2 is 2.08 bits per heavy atom. The number of pyridine rings is 1. The van der Waals surface area contributed by atoms with E-state index in [0.29, 0.717) is 19.0 Å². The summed E-state index contributed by atoms with van der Waals surface area (Å²) in [4.78, 5) is 8.91. The Kier molecular flexibility index (Phi) is 12.4. The average molecular weight is 476 g/mol. The normalized spacial score (nSPS) is 13.8. The van der Waals surface area contributed by atoms with Gasteiger partial charge in [0.1, 0.15) is 0 Å². The maximum Gasteiger partial charge on any atom is 0.213 e. The maximum atomic E-state index is 5.65. The summed E-state index contributed by atoms with van der Waals surface area (Å²) in [6.07, 6.45) is 6.48. The first kappa shape index (κ1) is 23.0. The van der Waals surface area contributed by atoms with Crippen molar-refractivity contribution in [2.24, 2.45) is 10.9 Å². The summed E-state index contributed by atoms with van der Waals surface area (Å²) in [5.74, 6) is 2.33. The Balaban J connectivity index is 0.00000338. The minimum absolute atomic E-state index is 0. The van der Waals surface area contributed by atoms with E-state index in [4.69, 9.17) is 9.47 Å². The van der Waals surface area contributed by atoms with Crippen molar-refractivity contribution in [1.29, 1.82) is 0 Å². The largest absolute Gasteiger partial charge is 0.478 e. The summed E-state index contributed by atoms with van der Waals surface area (Å²) in [6, 6.07) is 3.91. The van der Waals surface area contributed by atoms with E-state index in [1.165, 1.54) is 12.8 Å².